The van der Waals surface area contributed by atoms with Gasteiger partial charge in [0.2, 0.25) is 5.91 Å². The number of thioether (sulfide) groups is 1. The van der Waals surface area contributed by atoms with Gasteiger partial charge >= 0.3 is 0 Å². The molecule has 2 amide bonds. The number of carbonyl (C=O) groups is 2. The first-order chi connectivity index (χ1) is 13.9. The molecule has 2 aromatic carbocycles. The van der Waals surface area contributed by atoms with Crippen LogP contribution in [-0.2, 0) is 18.4 Å². The van der Waals surface area contributed by atoms with Gasteiger partial charge in [-0.2, -0.15) is 0 Å². The topological polar surface area (TPSA) is 88.9 Å². The van der Waals surface area contributed by atoms with Gasteiger partial charge in [0.15, 0.2) is 11.0 Å². The summed E-state index contributed by atoms with van der Waals surface area (Å²) in [7, 11) is 1.79. The summed E-state index contributed by atoms with van der Waals surface area (Å²) in [5.41, 5.74) is 1.19. The van der Waals surface area contributed by atoms with Crippen molar-refractivity contribution in [2.45, 2.75) is 11.7 Å². The maximum Gasteiger partial charge on any atom is 0.251 e. The molecule has 10 heteroatoms. The van der Waals surface area contributed by atoms with Gasteiger partial charge in [0.25, 0.3) is 5.91 Å². The molecule has 0 spiro atoms. The van der Waals surface area contributed by atoms with Crippen LogP contribution in [0.4, 0.5) is 5.69 Å². The van der Waals surface area contributed by atoms with Gasteiger partial charge in [0.1, 0.15) is 0 Å². The third-order valence-corrected chi connectivity index (χ3v) is 6.16. The second-order valence-electron chi connectivity index (χ2n) is 5.97. The fourth-order valence-electron chi connectivity index (χ4n) is 2.38. The summed E-state index contributed by atoms with van der Waals surface area (Å²) < 4.78 is 2.51. The van der Waals surface area contributed by atoms with E-state index in [4.69, 9.17) is 11.6 Å². The van der Waals surface area contributed by atoms with Crippen LogP contribution in [0.15, 0.2) is 58.2 Å². The maximum absolute atomic E-state index is 12.2. The van der Waals surface area contributed by atoms with E-state index in [2.05, 4.69) is 36.8 Å². The first kappa shape index (κ1) is 21.4. The second kappa shape index (κ2) is 9.91. The Morgan fingerprint density at radius 3 is 2.66 bits per heavy atom. The lowest BCUT2D eigenvalue weighted by Gasteiger charge is -2.07. The van der Waals surface area contributed by atoms with Gasteiger partial charge in [-0.25, -0.2) is 0 Å². The van der Waals surface area contributed by atoms with E-state index in [1.165, 1.54) is 11.8 Å². The molecule has 0 fully saturated rings. The van der Waals surface area contributed by atoms with E-state index < -0.39 is 0 Å². The number of hydrogen-bond donors (Lipinski definition) is 2. The highest BCUT2D eigenvalue weighted by atomic mass is 79.9. The average Bonchev–Trinajstić information content (AvgIpc) is 3.07. The summed E-state index contributed by atoms with van der Waals surface area (Å²) in [6.07, 6.45) is 0. The van der Waals surface area contributed by atoms with Crippen LogP contribution in [0.2, 0.25) is 5.02 Å². The minimum atomic E-state index is -0.185. The Labute approximate surface area is 185 Å². The molecular formula is C19H17BrClN5O2S. The third-order valence-electron chi connectivity index (χ3n) is 3.90. The highest BCUT2D eigenvalue weighted by Gasteiger charge is 2.13. The fourth-order valence-corrected chi connectivity index (χ4v) is 3.53. The molecule has 0 atom stereocenters. The quantitative estimate of drug-likeness (QED) is 0.487. The first-order valence-electron chi connectivity index (χ1n) is 8.53. The number of carbonyl (C=O) groups excluding carboxylic acids is 2. The zero-order valence-corrected chi connectivity index (χ0v) is 18.5. The molecule has 0 saturated carbocycles. The van der Waals surface area contributed by atoms with Crippen molar-refractivity contribution in [3.63, 3.8) is 0 Å². The first-order valence-corrected chi connectivity index (χ1v) is 10.7. The SMILES string of the molecule is Cn1c(CNC(=O)c2ccccc2)nnc1SCC(=O)Nc1ccc(Br)c(Cl)c1. The van der Waals surface area contributed by atoms with Crippen LogP contribution in [0.5, 0.6) is 0 Å². The molecule has 0 aliphatic heterocycles. The van der Waals surface area contributed by atoms with Crippen molar-refractivity contribution >= 4 is 56.8 Å². The van der Waals surface area contributed by atoms with Crippen LogP contribution in [0, 0.1) is 0 Å². The number of hydrogen-bond acceptors (Lipinski definition) is 5. The lowest BCUT2D eigenvalue weighted by molar-refractivity contribution is -0.113. The van der Waals surface area contributed by atoms with Crippen molar-refractivity contribution in [1.82, 2.24) is 20.1 Å². The molecule has 0 radical (unpaired) electrons. The van der Waals surface area contributed by atoms with E-state index in [-0.39, 0.29) is 24.1 Å². The third kappa shape index (κ3) is 5.81. The lowest BCUT2D eigenvalue weighted by Crippen LogP contribution is -2.24. The molecule has 3 rings (SSSR count). The Bertz CT molecular complexity index is 1030. The van der Waals surface area contributed by atoms with Gasteiger partial charge in [0.05, 0.1) is 17.3 Å². The molecular weight excluding hydrogens is 478 g/mol. The number of aromatic nitrogens is 3. The molecule has 3 aromatic rings. The van der Waals surface area contributed by atoms with Crippen LogP contribution in [0.3, 0.4) is 0 Å². The molecule has 0 aliphatic rings. The maximum atomic E-state index is 12.2. The van der Waals surface area contributed by atoms with Gasteiger partial charge in [-0.3, -0.25) is 9.59 Å². The van der Waals surface area contributed by atoms with Crippen molar-refractivity contribution in [3.05, 3.63) is 69.4 Å². The van der Waals surface area contributed by atoms with E-state index in [0.717, 1.165) is 4.47 Å². The second-order valence-corrected chi connectivity index (χ2v) is 8.18. The predicted octanol–water partition coefficient (Wildman–Crippen LogP) is 3.89. The summed E-state index contributed by atoms with van der Waals surface area (Å²) >= 11 is 10.6. The molecule has 1 aromatic heterocycles. The van der Waals surface area contributed by atoms with Gasteiger partial charge in [-0.1, -0.05) is 41.6 Å². The monoisotopic (exact) mass is 493 g/mol. The van der Waals surface area contributed by atoms with E-state index in [1.54, 1.807) is 54.1 Å². The van der Waals surface area contributed by atoms with Crippen LogP contribution in [0.25, 0.3) is 0 Å². The summed E-state index contributed by atoms with van der Waals surface area (Å²) in [4.78, 5) is 24.3. The Kier molecular flexibility index (Phi) is 7.29. The number of nitrogens with one attached hydrogen (secondary N) is 2. The number of benzene rings is 2. The summed E-state index contributed by atoms with van der Waals surface area (Å²) in [5.74, 6) is 0.387. The van der Waals surface area contributed by atoms with Crippen LogP contribution in [-0.4, -0.2) is 32.3 Å². The normalized spacial score (nSPS) is 10.6. The zero-order valence-electron chi connectivity index (χ0n) is 15.4. The van der Waals surface area contributed by atoms with Crippen molar-refractivity contribution < 1.29 is 9.59 Å². The van der Waals surface area contributed by atoms with E-state index in [1.807, 2.05) is 6.07 Å². The van der Waals surface area contributed by atoms with E-state index in [0.29, 0.717) is 27.3 Å². The lowest BCUT2D eigenvalue weighted by atomic mass is 10.2. The number of anilines is 1. The Balaban J connectivity index is 1.52. The van der Waals surface area contributed by atoms with Crippen molar-refractivity contribution in [2.75, 3.05) is 11.1 Å². The minimum Gasteiger partial charge on any atom is -0.345 e. The Morgan fingerprint density at radius 1 is 1.17 bits per heavy atom. The molecule has 0 saturated heterocycles. The fraction of sp³-hybridized carbons (Fsp3) is 0.158. The molecule has 0 bridgehead atoms. The number of halogens is 2. The Morgan fingerprint density at radius 2 is 1.93 bits per heavy atom. The molecule has 0 aliphatic carbocycles. The predicted molar refractivity (Wildman–Crippen MR) is 117 cm³/mol. The van der Waals surface area contributed by atoms with Gasteiger partial charge in [-0.15, -0.1) is 10.2 Å². The van der Waals surface area contributed by atoms with Gasteiger partial charge in [0, 0.05) is 22.8 Å². The standard InChI is InChI=1S/C19H17BrClN5O2S/c1-26-16(10-22-18(28)12-5-3-2-4-6-12)24-25-19(26)29-11-17(27)23-13-7-8-14(20)15(21)9-13/h2-9H,10-11H2,1H3,(H,22,28)(H,23,27). The molecule has 7 nitrogen and oxygen atoms in total. The largest absolute Gasteiger partial charge is 0.345 e. The van der Waals surface area contributed by atoms with Crippen LogP contribution in [0.1, 0.15) is 16.2 Å². The molecule has 2 N–H and O–H groups in total. The number of amides is 2. The molecule has 29 heavy (non-hydrogen) atoms. The summed E-state index contributed by atoms with van der Waals surface area (Å²) in [6.45, 7) is 0.237. The number of rotatable bonds is 7. The highest BCUT2D eigenvalue weighted by molar-refractivity contribution is 9.10. The smallest absolute Gasteiger partial charge is 0.251 e. The molecule has 0 unspecified atom stereocenters. The molecule has 1 heterocycles. The summed E-state index contributed by atoms with van der Waals surface area (Å²) in [5, 5.41) is 14.9. The van der Waals surface area contributed by atoms with Crippen LogP contribution < -0.4 is 10.6 Å². The van der Waals surface area contributed by atoms with E-state index >= 15 is 0 Å². The van der Waals surface area contributed by atoms with Gasteiger partial charge in [-0.05, 0) is 46.3 Å². The molecule has 150 valence electrons. The summed E-state index contributed by atoms with van der Waals surface area (Å²) in [6, 6.07) is 14.1. The van der Waals surface area contributed by atoms with Crippen molar-refractivity contribution in [1.29, 1.82) is 0 Å². The van der Waals surface area contributed by atoms with E-state index in [9.17, 15) is 9.59 Å². The van der Waals surface area contributed by atoms with Crippen molar-refractivity contribution in [2.24, 2.45) is 7.05 Å². The van der Waals surface area contributed by atoms with Gasteiger partial charge < -0.3 is 15.2 Å². The number of nitrogens with zero attached hydrogens (tertiary/aromatic N) is 3. The Hall–Kier alpha value is -2.36. The highest BCUT2D eigenvalue weighted by Crippen LogP contribution is 2.25. The van der Waals surface area contributed by atoms with Crippen molar-refractivity contribution in [3.8, 4) is 0 Å². The zero-order chi connectivity index (χ0) is 20.8. The minimum absolute atomic E-state index is 0.163. The average molecular weight is 495 g/mol. The van der Waals surface area contributed by atoms with Crippen LogP contribution >= 0.6 is 39.3 Å².